The topological polar surface area (TPSA) is 108 Å². The van der Waals surface area contributed by atoms with Crippen LogP contribution in [0.3, 0.4) is 0 Å². The van der Waals surface area contributed by atoms with Crippen molar-refractivity contribution in [3.05, 3.63) is 78.2 Å². The van der Waals surface area contributed by atoms with Crippen LogP contribution in [0.25, 0.3) is 44.2 Å². The minimum atomic E-state index is -0.566. The Morgan fingerprint density at radius 1 is 1.00 bits per heavy atom. The molecule has 5 aromatic rings. The lowest BCUT2D eigenvalue weighted by Crippen LogP contribution is -2.40. The fourth-order valence-electron chi connectivity index (χ4n) is 4.87. The number of morpholine rings is 1. The Labute approximate surface area is 219 Å². The second-order valence-corrected chi connectivity index (χ2v) is 10.0. The van der Waals surface area contributed by atoms with Crippen LogP contribution in [0, 0.1) is 11.3 Å². The van der Waals surface area contributed by atoms with Crippen molar-refractivity contribution in [2.75, 3.05) is 26.3 Å². The molecular formula is C30H26N6O2. The van der Waals surface area contributed by atoms with Gasteiger partial charge in [0.05, 0.1) is 47.5 Å². The first-order valence-corrected chi connectivity index (χ1v) is 12.6. The van der Waals surface area contributed by atoms with Gasteiger partial charge in [0.2, 0.25) is 0 Å². The van der Waals surface area contributed by atoms with E-state index in [2.05, 4.69) is 32.3 Å². The number of benzene rings is 2. The summed E-state index contributed by atoms with van der Waals surface area (Å²) in [6, 6.07) is 18.3. The van der Waals surface area contributed by atoms with E-state index in [0.29, 0.717) is 31.9 Å². The maximum absolute atomic E-state index is 13.0. The van der Waals surface area contributed by atoms with Crippen LogP contribution in [0.5, 0.6) is 0 Å². The van der Waals surface area contributed by atoms with Crippen LogP contribution < -0.4 is 0 Å². The summed E-state index contributed by atoms with van der Waals surface area (Å²) >= 11 is 0. The number of amides is 1. The lowest BCUT2D eigenvalue weighted by atomic mass is 9.86. The predicted octanol–water partition coefficient (Wildman–Crippen LogP) is 5.11. The molecule has 0 aliphatic carbocycles. The monoisotopic (exact) mass is 502 g/mol. The second kappa shape index (κ2) is 9.36. The molecule has 0 unspecified atom stereocenters. The largest absolute Gasteiger partial charge is 0.378 e. The molecule has 0 radical (unpaired) electrons. The number of nitrogens with zero attached hydrogens (tertiary/aromatic N) is 5. The lowest BCUT2D eigenvalue weighted by molar-refractivity contribution is 0.0302. The molecule has 0 saturated carbocycles. The highest BCUT2D eigenvalue weighted by Gasteiger charge is 2.21. The number of aromatic amines is 1. The van der Waals surface area contributed by atoms with E-state index in [1.165, 1.54) is 0 Å². The summed E-state index contributed by atoms with van der Waals surface area (Å²) < 4.78 is 5.38. The molecule has 2 aromatic carbocycles. The molecule has 0 bridgehead atoms. The van der Waals surface area contributed by atoms with Gasteiger partial charge in [-0.25, -0.2) is 0 Å². The number of carbonyl (C=O) groups is 1. The van der Waals surface area contributed by atoms with Crippen molar-refractivity contribution < 1.29 is 9.53 Å². The summed E-state index contributed by atoms with van der Waals surface area (Å²) in [5.74, 6) is -0.0346. The minimum Gasteiger partial charge on any atom is -0.378 e. The van der Waals surface area contributed by atoms with Gasteiger partial charge >= 0.3 is 0 Å². The Bertz CT molecular complexity index is 1710. The van der Waals surface area contributed by atoms with Crippen LogP contribution in [0.2, 0.25) is 0 Å². The summed E-state index contributed by atoms with van der Waals surface area (Å²) in [6.45, 7) is 6.09. The Balaban J connectivity index is 1.42. The zero-order chi connectivity index (χ0) is 26.3. The van der Waals surface area contributed by atoms with E-state index in [0.717, 1.165) is 49.8 Å². The van der Waals surface area contributed by atoms with Gasteiger partial charge < -0.3 is 9.64 Å². The number of rotatable bonds is 4. The zero-order valence-corrected chi connectivity index (χ0v) is 21.2. The van der Waals surface area contributed by atoms with Crippen LogP contribution in [-0.2, 0) is 10.2 Å². The highest BCUT2D eigenvalue weighted by Crippen LogP contribution is 2.35. The second-order valence-electron chi connectivity index (χ2n) is 10.0. The molecule has 1 saturated heterocycles. The van der Waals surface area contributed by atoms with Crippen LogP contribution in [0.1, 0.15) is 29.8 Å². The molecule has 1 aliphatic heterocycles. The van der Waals surface area contributed by atoms with Gasteiger partial charge in [0.25, 0.3) is 5.91 Å². The molecule has 188 valence electrons. The fraction of sp³-hybridized carbons (Fsp3) is 0.233. The third kappa shape index (κ3) is 4.17. The zero-order valence-electron chi connectivity index (χ0n) is 21.2. The Morgan fingerprint density at radius 2 is 1.76 bits per heavy atom. The smallest absolute Gasteiger partial charge is 0.255 e. The van der Waals surface area contributed by atoms with Crippen molar-refractivity contribution in [3.8, 4) is 28.5 Å². The van der Waals surface area contributed by atoms with Gasteiger partial charge in [-0.3, -0.25) is 19.9 Å². The average Bonchev–Trinajstić information content (AvgIpc) is 3.42. The number of nitriles is 1. The van der Waals surface area contributed by atoms with Crippen LogP contribution in [-0.4, -0.2) is 57.3 Å². The van der Waals surface area contributed by atoms with Gasteiger partial charge in [0, 0.05) is 47.4 Å². The number of nitrogens with one attached hydrogen (secondary N) is 1. The molecule has 0 atom stereocenters. The molecule has 1 amide bonds. The number of H-pyrrole nitrogens is 1. The molecule has 6 rings (SSSR count). The summed E-state index contributed by atoms with van der Waals surface area (Å²) in [5.41, 5.74) is 6.20. The molecule has 1 aliphatic rings. The maximum atomic E-state index is 13.0. The van der Waals surface area contributed by atoms with Crippen molar-refractivity contribution >= 4 is 27.7 Å². The van der Waals surface area contributed by atoms with Crippen molar-refractivity contribution in [3.63, 3.8) is 0 Å². The van der Waals surface area contributed by atoms with Gasteiger partial charge in [0.15, 0.2) is 0 Å². The SMILES string of the molecule is CC(C)(C#N)c1ccc(-c2n[nH]c3cnc4ccc(-c5cncc(C(=O)N6CCOCC6)c5)cc4c23)cc1. The van der Waals surface area contributed by atoms with Gasteiger partial charge in [0.1, 0.15) is 5.69 Å². The van der Waals surface area contributed by atoms with E-state index in [4.69, 9.17) is 4.74 Å². The van der Waals surface area contributed by atoms with Crippen molar-refractivity contribution in [2.45, 2.75) is 19.3 Å². The summed E-state index contributed by atoms with van der Waals surface area (Å²) in [4.78, 5) is 23.8. The standard InChI is InChI=1S/C30H26N6O2/c1-30(2,18-31)23-6-3-19(4-7-23)28-27-24-14-20(5-8-25(24)33-17-26(27)34-35-28)21-13-22(16-32-15-21)29(37)36-9-11-38-12-10-36/h3-8,13-17H,9-12H2,1-2H3,(H,34,35). The van der Waals surface area contributed by atoms with E-state index < -0.39 is 5.41 Å². The Hall–Kier alpha value is -4.61. The number of ether oxygens (including phenoxy) is 1. The first-order chi connectivity index (χ1) is 18.4. The highest BCUT2D eigenvalue weighted by molar-refractivity contribution is 6.11. The maximum Gasteiger partial charge on any atom is 0.255 e. The normalized spacial score (nSPS) is 14.1. The van der Waals surface area contributed by atoms with Crippen molar-refractivity contribution in [2.24, 2.45) is 0 Å². The Kier molecular flexibility index (Phi) is 5.86. The number of fused-ring (bicyclic) bond motifs is 3. The van der Waals surface area contributed by atoms with E-state index in [1.54, 1.807) is 23.5 Å². The van der Waals surface area contributed by atoms with E-state index in [-0.39, 0.29) is 5.91 Å². The van der Waals surface area contributed by atoms with Gasteiger partial charge in [-0.1, -0.05) is 30.3 Å². The van der Waals surface area contributed by atoms with E-state index in [1.807, 2.05) is 56.3 Å². The first-order valence-electron chi connectivity index (χ1n) is 12.6. The number of carbonyl (C=O) groups excluding carboxylic acids is 1. The van der Waals surface area contributed by atoms with Crippen LogP contribution in [0.4, 0.5) is 0 Å². The van der Waals surface area contributed by atoms with E-state index in [9.17, 15) is 10.1 Å². The van der Waals surface area contributed by atoms with Crippen LogP contribution >= 0.6 is 0 Å². The first kappa shape index (κ1) is 23.8. The third-order valence-corrected chi connectivity index (χ3v) is 7.17. The number of hydrogen-bond donors (Lipinski definition) is 1. The average molecular weight is 503 g/mol. The van der Waals surface area contributed by atoms with Crippen molar-refractivity contribution in [1.82, 2.24) is 25.1 Å². The lowest BCUT2D eigenvalue weighted by Gasteiger charge is -2.26. The summed E-state index contributed by atoms with van der Waals surface area (Å²) in [6.07, 6.45) is 5.19. The molecule has 1 fully saturated rings. The quantitative estimate of drug-likeness (QED) is 0.366. The number of hydrogen-bond acceptors (Lipinski definition) is 6. The van der Waals surface area contributed by atoms with Crippen molar-refractivity contribution in [1.29, 1.82) is 5.26 Å². The molecule has 38 heavy (non-hydrogen) atoms. The summed E-state index contributed by atoms with van der Waals surface area (Å²) in [7, 11) is 0. The molecule has 8 heteroatoms. The molecule has 1 N–H and O–H groups in total. The summed E-state index contributed by atoms with van der Waals surface area (Å²) in [5, 5.41) is 19.1. The number of pyridine rings is 2. The highest BCUT2D eigenvalue weighted by atomic mass is 16.5. The molecule has 3 aromatic heterocycles. The predicted molar refractivity (Wildman–Crippen MR) is 145 cm³/mol. The molecule has 8 nitrogen and oxygen atoms in total. The molecule has 0 spiro atoms. The Morgan fingerprint density at radius 3 is 2.53 bits per heavy atom. The number of aromatic nitrogens is 4. The van der Waals surface area contributed by atoms with E-state index >= 15 is 0 Å². The van der Waals surface area contributed by atoms with Crippen LogP contribution in [0.15, 0.2) is 67.1 Å². The van der Waals surface area contributed by atoms with Gasteiger partial charge in [-0.2, -0.15) is 10.4 Å². The minimum absolute atomic E-state index is 0.0346. The van der Waals surface area contributed by atoms with Gasteiger partial charge in [-0.15, -0.1) is 0 Å². The van der Waals surface area contributed by atoms with Gasteiger partial charge in [-0.05, 0) is 43.2 Å². The molecular weight excluding hydrogens is 476 g/mol. The molecule has 4 heterocycles. The third-order valence-electron chi connectivity index (χ3n) is 7.17. The fourth-order valence-corrected chi connectivity index (χ4v) is 4.87.